The van der Waals surface area contributed by atoms with Gasteiger partial charge in [0.15, 0.2) is 0 Å². The number of aliphatic hydroxyl groups is 1. The van der Waals surface area contributed by atoms with E-state index in [4.69, 9.17) is 5.11 Å². The Balaban J connectivity index is 3.28. The molecule has 0 atom stereocenters. The van der Waals surface area contributed by atoms with Gasteiger partial charge in [-0.25, -0.2) is 12.7 Å². The molecule has 0 fully saturated rings. The minimum atomic E-state index is -3.70. The van der Waals surface area contributed by atoms with Gasteiger partial charge in [0.05, 0.1) is 21.3 Å². The van der Waals surface area contributed by atoms with Crippen LogP contribution in [-0.4, -0.2) is 49.2 Å². The smallest absolute Gasteiger partial charge is 0.284 e. The molecule has 0 amide bonds. The lowest BCUT2D eigenvalue weighted by atomic mass is 10.3. The Morgan fingerprint density at radius 2 is 2.05 bits per heavy atom. The quantitative estimate of drug-likeness (QED) is 0.476. The molecular formula is C10H14N2O5S2. The number of thioether (sulfide) groups is 1. The normalized spacial score (nSPS) is 11.8. The molecule has 0 saturated carbocycles. The highest BCUT2D eigenvalue weighted by atomic mass is 32.2. The van der Waals surface area contributed by atoms with Crippen molar-refractivity contribution in [2.24, 2.45) is 0 Å². The van der Waals surface area contributed by atoms with Crippen LogP contribution in [0.5, 0.6) is 0 Å². The summed E-state index contributed by atoms with van der Waals surface area (Å²) in [6.07, 6.45) is 0. The molecule has 0 bridgehead atoms. The summed E-state index contributed by atoms with van der Waals surface area (Å²) in [6.45, 7) is -0.112. The fourth-order valence-corrected chi connectivity index (χ4v) is 2.97. The van der Waals surface area contributed by atoms with E-state index in [0.29, 0.717) is 10.6 Å². The van der Waals surface area contributed by atoms with Gasteiger partial charge in [-0.15, -0.1) is 11.8 Å². The third kappa shape index (κ3) is 3.66. The molecule has 7 nitrogen and oxygen atoms in total. The van der Waals surface area contributed by atoms with Crippen LogP contribution in [-0.2, 0) is 10.0 Å². The standard InChI is InChI=1S/C10H14N2O5S2/c1-11(2)19(16,17)8-3-4-10(18-6-5-13)9(7-8)12(14)15/h3-4,7,13H,5-6H2,1-2H3. The first-order chi connectivity index (χ1) is 8.80. The molecule has 0 aliphatic heterocycles. The van der Waals surface area contributed by atoms with Crippen molar-refractivity contribution in [1.29, 1.82) is 0 Å². The summed E-state index contributed by atoms with van der Waals surface area (Å²) < 4.78 is 24.8. The zero-order valence-corrected chi connectivity index (χ0v) is 12.1. The van der Waals surface area contributed by atoms with Crippen molar-refractivity contribution in [1.82, 2.24) is 4.31 Å². The van der Waals surface area contributed by atoms with Crippen molar-refractivity contribution in [3.8, 4) is 0 Å². The first-order valence-electron chi connectivity index (χ1n) is 5.25. The molecule has 1 aromatic carbocycles. The number of aliphatic hydroxyl groups excluding tert-OH is 1. The van der Waals surface area contributed by atoms with E-state index < -0.39 is 14.9 Å². The molecule has 0 saturated heterocycles. The second kappa shape index (κ2) is 6.33. The second-order valence-electron chi connectivity index (χ2n) is 3.75. The fourth-order valence-electron chi connectivity index (χ4n) is 1.29. The van der Waals surface area contributed by atoms with Gasteiger partial charge in [0.2, 0.25) is 10.0 Å². The Kier molecular flexibility index (Phi) is 5.29. The predicted octanol–water partition coefficient (Wildman–Crippen LogP) is 0.930. The SMILES string of the molecule is CN(C)S(=O)(=O)c1ccc(SCCO)c([N+](=O)[O-])c1. The zero-order valence-electron chi connectivity index (χ0n) is 10.4. The first kappa shape index (κ1) is 15.9. The van der Waals surface area contributed by atoms with Crippen molar-refractivity contribution in [3.05, 3.63) is 28.3 Å². The van der Waals surface area contributed by atoms with Gasteiger partial charge in [-0.2, -0.15) is 0 Å². The average molecular weight is 306 g/mol. The third-order valence-electron chi connectivity index (χ3n) is 2.25. The summed E-state index contributed by atoms with van der Waals surface area (Å²) in [7, 11) is -0.986. The third-order valence-corrected chi connectivity index (χ3v) is 5.11. The number of hydrogen-bond donors (Lipinski definition) is 1. The van der Waals surface area contributed by atoms with Crippen LogP contribution in [0.4, 0.5) is 5.69 Å². The Morgan fingerprint density at radius 1 is 1.42 bits per heavy atom. The molecule has 0 aromatic heterocycles. The number of nitrogens with zero attached hydrogens (tertiary/aromatic N) is 2. The minimum Gasteiger partial charge on any atom is -0.396 e. The molecular weight excluding hydrogens is 292 g/mol. The fraction of sp³-hybridized carbons (Fsp3) is 0.400. The maximum atomic E-state index is 11.9. The number of sulfonamides is 1. The monoisotopic (exact) mass is 306 g/mol. The lowest BCUT2D eigenvalue weighted by molar-refractivity contribution is -0.388. The molecule has 1 aromatic rings. The molecule has 9 heteroatoms. The number of benzene rings is 1. The Hall–Kier alpha value is -1.16. The highest BCUT2D eigenvalue weighted by Crippen LogP contribution is 2.31. The Labute approximate surface area is 115 Å². The molecule has 0 aliphatic rings. The van der Waals surface area contributed by atoms with Gasteiger partial charge in [0.25, 0.3) is 5.69 Å². The Bertz CT molecular complexity index is 571. The maximum absolute atomic E-state index is 11.9. The van der Waals surface area contributed by atoms with Crippen molar-refractivity contribution >= 4 is 27.5 Å². The number of nitro groups is 1. The number of rotatable bonds is 6. The van der Waals surface area contributed by atoms with Crippen LogP contribution in [0.25, 0.3) is 0 Å². The lowest BCUT2D eigenvalue weighted by Crippen LogP contribution is -2.22. The van der Waals surface area contributed by atoms with Gasteiger partial charge < -0.3 is 5.11 Å². The summed E-state index contributed by atoms with van der Waals surface area (Å²) >= 11 is 1.10. The van der Waals surface area contributed by atoms with Gasteiger partial charge in [0, 0.05) is 25.9 Å². The molecule has 0 spiro atoms. The van der Waals surface area contributed by atoms with E-state index in [0.717, 1.165) is 22.1 Å². The zero-order chi connectivity index (χ0) is 14.6. The molecule has 1 rings (SSSR count). The number of hydrogen-bond acceptors (Lipinski definition) is 6. The van der Waals surface area contributed by atoms with Crippen molar-refractivity contribution in [3.63, 3.8) is 0 Å². The van der Waals surface area contributed by atoms with Gasteiger partial charge in [-0.3, -0.25) is 10.1 Å². The van der Waals surface area contributed by atoms with Crippen LogP contribution in [0.1, 0.15) is 0 Å². The molecule has 0 aliphatic carbocycles. The minimum absolute atomic E-state index is 0.112. The molecule has 19 heavy (non-hydrogen) atoms. The Morgan fingerprint density at radius 3 is 2.53 bits per heavy atom. The van der Waals surface area contributed by atoms with Crippen molar-refractivity contribution in [2.75, 3.05) is 26.5 Å². The molecule has 0 radical (unpaired) electrons. The van der Waals surface area contributed by atoms with Crippen LogP contribution >= 0.6 is 11.8 Å². The topological polar surface area (TPSA) is 101 Å². The van der Waals surface area contributed by atoms with Gasteiger partial charge >= 0.3 is 0 Å². The highest BCUT2D eigenvalue weighted by Gasteiger charge is 2.23. The summed E-state index contributed by atoms with van der Waals surface area (Å²) in [6, 6.07) is 3.74. The lowest BCUT2D eigenvalue weighted by Gasteiger charge is -2.11. The van der Waals surface area contributed by atoms with E-state index in [2.05, 4.69) is 0 Å². The summed E-state index contributed by atoms with van der Waals surface area (Å²) in [5, 5.41) is 19.7. The van der Waals surface area contributed by atoms with E-state index in [1.54, 1.807) is 0 Å². The highest BCUT2D eigenvalue weighted by molar-refractivity contribution is 7.99. The maximum Gasteiger partial charge on any atom is 0.284 e. The average Bonchev–Trinajstić information content (AvgIpc) is 2.35. The summed E-state index contributed by atoms with van der Waals surface area (Å²) in [5.41, 5.74) is -0.277. The van der Waals surface area contributed by atoms with Crippen LogP contribution in [0.3, 0.4) is 0 Å². The van der Waals surface area contributed by atoms with Gasteiger partial charge in [-0.05, 0) is 12.1 Å². The number of nitro benzene ring substituents is 1. The van der Waals surface area contributed by atoms with Crippen LogP contribution in [0.15, 0.2) is 28.0 Å². The van der Waals surface area contributed by atoms with Gasteiger partial charge in [0.1, 0.15) is 0 Å². The van der Waals surface area contributed by atoms with Crippen LogP contribution in [0.2, 0.25) is 0 Å². The van der Waals surface area contributed by atoms with E-state index in [1.807, 2.05) is 0 Å². The van der Waals surface area contributed by atoms with Gasteiger partial charge in [-0.1, -0.05) is 0 Å². The summed E-state index contributed by atoms with van der Waals surface area (Å²) in [5.74, 6) is 0.306. The summed E-state index contributed by atoms with van der Waals surface area (Å²) in [4.78, 5) is 10.5. The van der Waals surface area contributed by atoms with E-state index in [9.17, 15) is 18.5 Å². The predicted molar refractivity (Wildman–Crippen MR) is 71.8 cm³/mol. The van der Waals surface area contributed by atoms with E-state index in [-0.39, 0.29) is 17.2 Å². The second-order valence-corrected chi connectivity index (χ2v) is 7.03. The van der Waals surface area contributed by atoms with Crippen molar-refractivity contribution in [2.45, 2.75) is 9.79 Å². The molecule has 0 heterocycles. The molecule has 1 N–H and O–H groups in total. The largest absolute Gasteiger partial charge is 0.396 e. The van der Waals surface area contributed by atoms with Crippen LogP contribution in [0, 0.1) is 10.1 Å². The first-order valence-corrected chi connectivity index (χ1v) is 7.68. The van der Waals surface area contributed by atoms with E-state index >= 15 is 0 Å². The van der Waals surface area contributed by atoms with Crippen molar-refractivity contribution < 1.29 is 18.4 Å². The van der Waals surface area contributed by atoms with Crippen LogP contribution < -0.4 is 0 Å². The molecule has 0 unspecified atom stereocenters. The van der Waals surface area contributed by atoms with E-state index in [1.165, 1.54) is 26.2 Å². The molecule has 106 valence electrons.